The molecular weight excluding hydrogens is 360 g/mol. The third-order valence-corrected chi connectivity index (χ3v) is 5.56. The lowest BCUT2D eigenvalue weighted by Gasteiger charge is -2.32. The topological polar surface area (TPSA) is 62.1 Å². The monoisotopic (exact) mass is 382 g/mol. The van der Waals surface area contributed by atoms with Crippen molar-refractivity contribution < 1.29 is 9.53 Å². The Morgan fingerprint density at radius 2 is 1.79 bits per heavy atom. The molecule has 0 fully saturated rings. The van der Waals surface area contributed by atoms with Crippen molar-refractivity contribution in [2.45, 2.75) is 19.3 Å². The highest BCUT2D eigenvalue weighted by Gasteiger charge is 2.44. The molecule has 1 aliphatic carbocycles. The van der Waals surface area contributed by atoms with E-state index in [0.717, 1.165) is 17.5 Å². The smallest absolute Gasteiger partial charge is 0.411 e. The SMILES string of the molecule is CC1(COC(=O)Nc2ccccc2)Cc2ccc(C#N)cc2[C@@H]1c1ccccc1. The number of nitrogens with one attached hydrogen (secondary N) is 1. The lowest BCUT2D eigenvalue weighted by Crippen LogP contribution is -2.31. The number of carbonyl (C=O) groups excluding carboxylic acids is 1. The number of anilines is 1. The van der Waals surface area contributed by atoms with Crippen LogP contribution in [0.3, 0.4) is 0 Å². The quantitative estimate of drug-likeness (QED) is 0.648. The number of hydrogen-bond acceptors (Lipinski definition) is 3. The average Bonchev–Trinajstić information content (AvgIpc) is 3.05. The Morgan fingerprint density at radius 3 is 2.48 bits per heavy atom. The second-order valence-electron chi connectivity index (χ2n) is 7.77. The number of fused-ring (bicyclic) bond motifs is 1. The number of carbonyl (C=O) groups is 1. The Bertz CT molecular complexity index is 1060. The summed E-state index contributed by atoms with van der Waals surface area (Å²) in [5.74, 6) is 0.0523. The van der Waals surface area contributed by atoms with Crippen molar-refractivity contribution >= 4 is 11.8 Å². The van der Waals surface area contributed by atoms with Crippen molar-refractivity contribution in [1.82, 2.24) is 0 Å². The first-order chi connectivity index (χ1) is 14.1. The summed E-state index contributed by atoms with van der Waals surface area (Å²) >= 11 is 0. The summed E-state index contributed by atoms with van der Waals surface area (Å²) in [5.41, 5.74) is 4.56. The molecule has 1 unspecified atom stereocenters. The zero-order valence-corrected chi connectivity index (χ0v) is 16.3. The Hall–Kier alpha value is -3.58. The minimum atomic E-state index is -0.460. The zero-order valence-electron chi connectivity index (χ0n) is 16.3. The van der Waals surface area contributed by atoms with Crippen LogP contribution in [-0.2, 0) is 11.2 Å². The molecule has 0 heterocycles. The van der Waals surface area contributed by atoms with E-state index in [2.05, 4.69) is 30.4 Å². The molecule has 0 radical (unpaired) electrons. The molecule has 4 nitrogen and oxygen atoms in total. The Kier molecular flexibility index (Phi) is 5.05. The highest BCUT2D eigenvalue weighted by atomic mass is 16.5. The van der Waals surface area contributed by atoms with Gasteiger partial charge in [0, 0.05) is 17.0 Å². The molecule has 1 amide bonds. The van der Waals surface area contributed by atoms with Gasteiger partial charge in [-0.2, -0.15) is 5.26 Å². The van der Waals surface area contributed by atoms with E-state index in [1.165, 1.54) is 5.56 Å². The fourth-order valence-electron chi connectivity index (χ4n) is 4.27. The molecule has 1 N–H and O–H groups in total. The zero-order chi connectivity index (χ0) is 20.3. The van der Waals surface area contributed by atoms with Gasteiger partial charge in [0.2, 0.25) is 0 Å². The van der Waals surface area contributed by atoms with Gasteiger partial charge in [-0.25, -0.2) is 4.79 Å². The van der Waals surface area contributed by atoms with Crippen LogP contribution >= 0.6 is 0 Å². The number of nitriles is 1. The van der Waals surface area contributed by atoms with Gasteiger partial charge in [-0.15, -0.1) is 0 Å². The number of rotatable bonds is 4. The fraction of sp³-hybridized carbons (Fsp3) is 0.200. The summed E-state index contributed by atoms with van der Waals surface area (Å²) in [7, 11) is 0. The van der Waals surface area contributed by atoms with Crippen LogP contribution < -0.4 is 5.32 Å². The van der Waals surface area contributed by atoms with E-state index >= 15 is 0 Å². The van der Waals surface area contributed by atoms with Crippen LogP contribution in [0, 0.1) is 16.7 Å². The highest BCUT2D eigenvalue weighted by Crippen LogP contribution is 2.51. The van der Waals surface area contributed by atoms with Crippen molar-refractivity contribution in [1.29, 1.82) is 5.26 Å². The Balaban J connectivity index is 1.59. The molecule has 0 bridgehead atoms. The summed E-state index contributed by atoms with van der Waals surface area (Å²) in [6.45, 7) is 2.42. The minimum absolute atomic E-state index is 0.0523. The normalized spacial score (nSPS) is 19.8. The van der Waals surface area contributed by atoms with Crippen LogP contribution in [0.2, 0.25) is 0 Å². The third kappa shape index (κ3) is 3.86. The van der Waals surface area contributed by atoms with Crippen molar-refractivity contribution in [2.75, 3.05) is 11.9 Å². The first kappa shape index (κ1) is 18.8. The molecule has 0 aliphatic heterocycles. The predicted molar refractivity (Wildman–Crippen MR) is 113 cm³/mol. The number of benzene rings is 3. The molecule has 0 spiro atoms. The predicted octanol–water partition coefficient (Wildman–Crippen LogP) is 5.50. The maximum absolute atomic E-state index is 12.4. The fourth-order valence-corrected chi connectivity index (χ4v) is 4.27. The number of para-hydroxylation sites is 1. The molecule has 0 saturated heterocycles. The molecule has 29 heavy (non-hydrogen) atoms. The van der Waals surface area contributed by atoms with Gasteiger partial charge in [0.25, 0.3) is 0 Å². The molecule has 2 atom stereocenters. The number of ether oxygens (including phenoxy) is 1. The van der Waals surface area contributed by atoms with E-state index in [1.807, 2.05) is 66.7 Å². The first-order valence-corrected chi connectivity index (χ1v) is 9.66. The molecule has 0 aromatic heterocycles. The van der Waals surface area contributed by atoms with Gasteiger partial charge in [0.05, 0.1) is 18.2 Å². The molecule has 3 aromatic rings. The summed E-state index contributed by atoms with van der Waals surface area (Å²) in [6, 6.07) is 27.6. The van der Waals surface area contributed by atoms with Gasteiger partial charge in [-0.3, -0.25) is 5.32 Å². The third-order valence-electron chi connectivity index (χ3n) is 5.56. The number of amides is 1. The molecule has 0 saturated carbocycles. The summed E-state index contributed by atoms with van der Waals surface area (Å²) in [4.78, 5) is 12.4. The largest absolute Gasteiger partial charge is 0.449 e. The van der Waals surface area contributed by atoms with E-state index in [1.54, 1.807) is 0 Å². The number of nitrogens with zero attached hydrogens (tertiary/aromatic N) is 1. The molecule has 4 heteroatoms. The van der Waals surface area contributed by atoms with E-state index in [0.29, 0.717) is 11.3 Å². The van der Waals surface area contributed by atoms with Crippen LogP contribution in [0.4, 0.5) is 10.5 Å². The molecule has 3 aromatic carbocycles. The van der Waals surface area contributed by atoms with Gasteiger partial charge in [-0.05, 0) is 47.4 Å². The van der Waals surface area contributed by atoms with Gasteiger partial charge in [0.1, 0.15) is 0 Å². The van der Waals surface area contributed by atoms with Gasteiger partial charge < -0.3 is 4.74 Å². The number of hydrogen-bond donors (Lipinski definition) is 1. The standard InChI is InChI=1S/C25H22N2O2/c1-25(17-29-24(28)27-21-10-6-3-7-11-21)15-20-13-12-18(16-26)14-22(20)23(25)19-8-4-2-5-9-19/h2-14,23H,15,17H2,1H3,(H,27,28)/t23-,25?/m0/s1. The van der Waals surface area contributed by atoms with Crippen molar-refractivity contribution in [3.8, 4) is 6.07 Å². The second kappa shape index (κ2) is 7.81. The first-order valence-electron chi connectivity index (χ1n) is 9.66. The van der Waals surface area contributed by atoms with E-state index < -0.39 is 6.09 Å². The van der Waals surface area contributed by atoms with E-state index in [-0.39, 0.29) is 17.9 Å². The van der Waals surface area contributed by atoms with Gasteiger partial charge in [0.15, 0.2) is 0 Å². The van der Waals surface area contributed by atoms with Crippen LogP contribution in [0.1, 0.15) is 35.1 Å². The maximum atomic E-state index is 12.4. The van der Waals surface area contributed by atoms with E-state index in [4.69, 9.17) is 4.74 Å². The van der Waals surface area contributed by atoms with Crippen molar-refractivity contribution in [3.05, 3.63) is 101 Å². The van der Waals surface area contributed by atoms with Crippen LogP contribution in [0.15, 0.2) is 78.9 Å². The van der Waals surface area contributed by atoms with Crippen LogP contribution in [0.25, 0.3) is 0 Å². The van der Waals surface area contributed by atoms with Gasteiger partial charge >= 0.3 is 6.09 Å². The Labute approximate surface area is 170 Å². The summed E-state index contributed by atoms with van der Waals surface area (Å²) in [6.07, 6.45) is 0.324. The van der Waals surface area contributed by atoms with Crippen LogP contribution in [-0.4, -0.2) is 12.7 Å². The summed E-state index contributed by atoms with van der Waals surface area (Å²) in [5, 5.41) is 12.1. The van der Waals surface area contributed by atoms with E-state index in [9.17, 15) is 10.1 Å². The molecule has 4 rings (SSSR count). The summed E-state index contributed by atoms with van der Waals surface area (Å²) < 4.78 is 5.66. The molecule has 1 aliphatic rings. The minimum Gasteiger partial charge on any atom is -0.449 e. The molecule has 144 valence electrons. The second-order valence-corrected chi connectivity index (χ2v) is 7.77. The lowest BCUT2D eigenvalue weighted by molar-refractivity contribution is 0.0975. The van der Waals surface area contributed by atoms with Crippen molar-refractivity contribution in [2.24, 2.45) is 5.41 Å². The maximum Gasteiger partial charge on any atom is 0.411 e. The highest BCUT2D eigenvalue weighted by molar-refractivity contribution is 5.84. The van der Waals surface area contributed by atoms with Crippen LogP contribution in [0.5, 0.6) is 0 Å². The average molecular weight is 382 g/mol. The lowest BCUT2D eigenvalue weighted by atomic mass is 9.74. The molecular formula is C25H22N2O2. The van der Waals surface area contributed by atoms with Gasteiger partial charge in [-0.1, -0.05) is 61.5 Å². The Morgan fingerprint density at radius 1 is 1.10 bits per heavy atom. The van der Waals surface area contributed by atoms with Crippen molar-refractivity contribution in [3.63, 3.8) is 0 Å².